The molecule has 2 aromatic rings. The number of carbonyl (C=O) groups is 1. The van der Waals surface area contributed by atoms with E-state index in [4.69, 9.17) is 10.5 Å². The smallest absolute Gasteiger partial charge is 0.255 e. The van der Waals surface area contributed by atoms with Crippen molar-refractivity contribution in [1.29, 1.82) is 0 Å². The van der Waals surface area contributed by atoms with E-state index in [0.29, 0.717) is 5.75 Å². The summed E-state index contributed by atoms with van der Waals surface area (Å²) in [5.74, 6) is 0.166. The molecule has 0 aliphatic rings. The van der Waals surface area contributed by atoms with Crippen molar-refractivity contribution in [1.82, 2.24) is 15.3 Å². The zero-order valence-corrected chi connectivity index (χ0v) is 11.1. The van der Waals surface area contributed by atoms with E-state index in [0.717, 1.165) is 30.8 Å². The summed E-state index contributed by atoms with van der Waals surface area (Å²) in [5, 5.41) is 3.35. The van der Waals surface area contributed by atoms with Crippen LogP contribution in [0.1, 0.15) is 11.3 Å². The molecule has 1 aromatic heterocycles. The second kappa shape index (κ2) is 7.30. The second-order valence-corrected chi connectivity index (χ2v) is 4.40. The number of benzene rings is 1. The lowest BCUT2D eigenvalue weighted by Gasteiger charge is -2.06. The maximum atomic E-state index is 10.6. The number of H-pyrrole nitrogens is 1. The predicted octanol–water partition coefficient (Wildman–Crippen LogP) is 0.606. The van der Waals surface area contributed by atoms with Gasteiger partial charge < -0.3 is 20.8 Å². The van der Waals surface area contributed by atoms with Crippen LogP contribution < -0.4 is 15.8 Å². The van der Waals surface area contributed by atoms with Crippen LogP contribution in [0.4, 0.5) is 0 Å². The molecule has 1 aromatic carbocycles. The van der Waals surface area contributed by atoms with Crippen LogP contribution in [0.5, 0.6) is 5.75 Å². The average Bonchev–Trinajstić information content (AvgIpc) is 2.96. The second-order valence-electron chi connectivity index (χ2n) is 4.40. The molecule has 0 fully saturated rings. The van der Waals surface area contributed by atoms with Gasteiger partial charge in [-0.05, 0) is 17.7 Å². The molecule has 1 heterocycles. The SMILES string of the molecule is NC(=O)COc1ccc(CNCCc2cnc[nH]2)cc1. The van der Waals surface area contributed by atoms with Crippen LogP contribution in [-0.2, 0) is 17.8 Å². The standard InChI is InChI=1S/C14H18N4O2/c15-14(19)9-20-13-3-1-11(2-4-13)7-16-6-5-12-8-17-10-18-12/h1-4,8,10,16H,5-7,9H2,(H2,15,19)(H,17,18). The van der Waals surface area contributed by atoms with Gasteiger partial charge in [-0.3, -0.25) is 4.79 Å². The van der Waals surface area contributed by atoms with Crippen molar-refractivity contribution in [3.63, 3.8) is 0 Å². The molecule has 6 nitrogen and oxygen atoms in total. The summed E-state index contributed by atoms with van der Waals surface area (Å²) in [6.45, 7) is 1.56. The van der Waals surface area contributed by atoms with Gasteiger partial charge in [-0.25, -0.2) is 4.98 Å². The summed E-state index contributed by atoms with van der Waals surface area (Å²) in [7, 11) is 0. The Morgan fingerprint density at radius 2 is 2.15 bits per heavy atom. The van der Waals surface area contributed by atoms with Gasteiger partial charge in [-0.15, -0.1) is 0 Å². The third-order valence-electron chi connectivity index (χ3n) is 2.76. The fraction of sp³-hybridized carbons (Fsp3) is 0.286. The van der Waals surface area contributed by atoms with Crippen LogP contribution in [0.25, 0.3) is 0 Å². The van der Waals surface area contributed by atoms with Crippen molar-refractivity contribution >= 4 is 5.91 Å². The molecule has 0 spiro atoms. The molecule has 0 bridgehead atoms. The first-order valence-corrected chi connectivity index (χ1v) is 6.42. The number of nitrogens with zero attached hydrogens (tertiary/aromatic N) is 1. The molecule has 0 saturated heterocycles. The maximum Gasteiger partial charge on any atom is 0.255 e. The summed E-state index contributed by atoms with van der Waals surface area (Å²) >= 11 is 0. The van der Waals surface area contributed by atoms with Crippen molar-refractivity contribution in [2.75, 3.05) is 13.2 Å². The van der Waals surface area contributed by atoms with E-state index in [2.05, 4.69) is 15.3 Å². The van der Waals surface area contributed by atoms with Crippen molar-refractivity contribution in [2.45, 2.75) is 13.0 Å². The van der Waals surface area contributed by atoms with Gasteiger partial charge in [0, 0.05) is 31.4 Å². The molecule has 0 saturated carbocycles. The molecule has 20 heavy (non-hydrogen) atoms. The number of hydrogen-bond acceptors (Lipinski definition) is 4. The van der Waals surface area contributed by atoms with Crippen molar-refractivity contribution in [2.24, 2.45) is 5.73 Å². The van der Waals surface area contributed by atoms with E-state index in [1.165, 1.54) is 0 Å². The van der Waals surface area contributed by atoms with Crippen LogP contribution in [0.3, 0.4) is 0 Å². The maximum absolute atomic E-state index is 10.6. The summed E-state index contributed by atoms with van der Waals surface area (Å²) in [4.78, 5) is 17.6. The van der Waals surface area contributed by atoms with Gasteiger partial charge >= 0.3 is 0 Å². The van der Waals surface area contributed by atoms with Crippen LogP contribution in [0.2, 0.25) is 0 Å². The largest absolute Gasteiger partial charge is 0.484 e. The highest BCUT2D eigenvalue weighted by molar-refractivity contribution is 5.75. The van der Waals surface area contributed by atoms with Crippen molar-refractivity contribution in [3.05, 3.63) is 48.0 Å². The molecule has 106 valence electrons. The average molecular weight is 274 g/mol. The monoisotopic (exact) mass is 274 g/mol. The van der Waals surface area contributed by atoms with Gasteiger partial charge in [0.2, 0.25) is 0 Å². The lowest BCUT2D eigenvalue weighted by molar-refractivity contribution is -0.119. The highest BCUT2D eigenvalue weighted by Crippen LogP contribution is 2.11. The lowest BCUT2D eigenvalue weighted by atomic mass is 10.2. The Labute approximate surface area is 117 Å². The minimum absolute atomic E-state index is 0.0955. The van der Waals surface area contributed by atoms with Gasteiger partial charge in [-0.2, -0.15) is 0 Å². The molecule has 0 aliphatic heterocycles. The van der Waals surface area contributed by atoms with Gasteiger partial charge in [0.1, 0.15) is 5.75 Å². The first-order chi connectivity index (χ1) is 9.74. The number of hydrogen-bond donors (Lipinski definition) is 3. The van der Waals surface area contributed by atoms with E-state index < -0.39 is 5.91 Å². The summed E-state index contributed by atoms with van der Waals surface area (Å²) in [6, 6.07) is 7.57. The van der Waals surface area contributed by atoms with Crippen LogP contribution in [0.15, 0.2) is 36.8 Å². The van der Waals surface area contributed by atoms with Crippen LogP contribution >= 0.6 is 0 Å². The van der Waals surface area contributed by atoms with Crippen molar-refractivity contribution < 1.29 is 9.53 Å². The first-order valence-electron chi connectivity index (χ1n) is 6.42. The Kier molecular flexibility index (Phi) is 5.14. The number of nitrogens with one attached hydrogen (secondary N) is 2. The third-order valence-corrected chi connectivity index (χ3v) is 2.76. The normalized spacial score (nSPS) is 10.4. The molecule has 1 amide bonds. The highest BCUT2D eigenvalue weighted by atomic mass is 16.5. The van der Waals surface area contributed by atoms with E-state index in [1.54, 1.807) is 6.33 Å². The number of nitrogens with two attached hydrogens (primary N) is 1. The fourth-order valence-electron chi connectivity index (χ4n) is 1.74. The van der Waals surface area contributed by atoms with E-state index in [9.17, 15) is 4.79 Å². The molecular weight excluding hydrogens is 256 g/mol. The van der Waals surface area contributed by atoms with Gasteiger partial charge in [0.15, 0.2) is 6.61 Å². The van der Waals surface area contributed by atoms with Gasteiger partial charge in [-0.1, -0.05) is 12.1 Å². The predicted molar refractivity (Wildman–Crippen MR) is 75.1 cm³/mol. The molecule has 0 radical (unpaired) electrons. The summed E-state index contributed by atoms with van der Waals surface area (Å²) in [6.07, 6.45) is 4.42. The van der Waals surface area contributed by atoms with E-state index in [1.807, 2.05) is 30.5 Å². The molecule has 6 heteroatoms. The molecule has 0 unspecified atom stereocenters. The number of rotatable bonds is 8. The number of amides is 1. The molecule has 2 rings (SSSR count). The number of primary amides is 1. The lowest BCUT2D eigenvalue weighted by Crippen LogP contribution is -2.20. The van der Waals surface area contributed by atoms with Crippen LogP contribution in [0, 0.1) is 0 Å². The number of aromatic amines is 1. The molecule has 0 aliphatic carbocycles. The van der Waals surface area contributed by atoms with E-state index >= 15 is 0 Å². The Bertz CT molecular complexity index is 523. The Morgan fingerprint density at radius 3 is 2.80 bits per heavy atom. The zero-order chi connectivity index (χ0) is 14.2. The Hall–Kier alpha value is -2.34. The van der Waals surface area contributed by atoms with Gasteiger partial charge in [0.25, 0.3) is 5.91 Å². The summed E-state index contributed by atoms with van der Waals surface area (Å²) < 4.78 is 5.19. The number of carbonyl (C=O) groups excluding carboxylic acids is 1. The molecule has 4 N–H and O–H groups in total. The zero-order valence-electron chi connectivity index (χ0n) is 11.1. The Morgan fingerprint density at radius 1 is 1.35 bits per heavy atom. The van der Waals surface area contributed by atoms with E-state index in [-0.39, 0.29) is 6.61 Å². The number of ether oxygens (including phenoxy) is 1. The number of aromatic nitrogens is 2. The highest BCUT2D eigenvalue weighted by Gasteiger charge is 1.99. The third kappa shape index (κ3) is 4.74. The minimum Gasteiger partial charge on any atom is -0.484 e. The minimum atomic E-state index is -0.477. The topological polar surface area (TPSA) is 93.0 Å². The van der Waals surface area contributed by atoms with Crippen LogP contribution in [-0.4, -0.2) is 29.0 Å². The summed E-state index contributed by atoms with van der Waals surface area (Å²) in [5.41, 5.74) is 7.28. The fourth-order valence-corrected chi connectivity index (χ4v) is 1.74. The Balaban J connectivity index is 1.69. The van der Waals surface area contributed by atoms with Crippen molar-refractivity contribution in [3.8, 4) is 5.75 Å². The quantitative estimate of drug-likeness (QED) is 0.615. The van der Waals surface area contributed by atoms with Gasteiger partial charge in [0.05, 0.1) is 6.33 Å². The molecular formula is C14H18N4O2. The first kappa shape index (κ1) is 14.1. The molecule has 0 atom stereocenters. The number of imidazole rings is 1.